The summed E-state index contributed by atoms with van der Waals surface area (Å²) >= 11 is 0. The first kappa shape index (κ1) is 24.4. The van der Waals surface area contributed by atoms with Gasteiger partial charge in [-0.1, -0.05) is 57.4 Å². The van der Waals surface area contributed by atoms with Crippen molar-refractivity contribution >= 4 is 23.8 Å². The standard InChI is InChI=1S/C23H32N2O6/c1-15(2)13-31-23(29)25-19(12-21(24)27)22(28)30-14-20(26)18-10-8-17(9-11-18)16-6-4-3-5-7-16/h8-11,15-16,19H,3-7,12-14H2,1-2H3,(H2,24,27)(H,25,29)/t19-/m0/s1. The average Bonchev–Trinajstić information content (AvgIpc) is 2.75. The van der Waals surface area contributed by atoms with Crippen molar-refractivity contribution in [3.63, 3.8) is 0 Å². The fraction of sp³-hybridized carbons (Fsp3) is 0.565. The molecule has 0 radical (unpaired) electrons. The lowest BCUT2D eigenvalue weighted by atomic mass is 9.84. The van der Waals surface area contributed by atoms with E-state index in [2.05, 4.69) is 5.32 Å². The Morgan fingerprint density at radius 2 is 1.68 bits per heavy atom. The number of carbonyl (C=O) groups excluding carboxylic acids is 4. The van der Waals surface area contributed by atoms with Gasteiger partial charge in [0, 0.05) is 5.56 Å². The van der Waals surface area contributed by atoms with Crippen molar-refractivity contribution < 1.29 is 28.7 Å². The maximum atomic E-state index is 12.4. The maximum Gasteiger partial charge on any atom is 0.407 e. The monoisotopic (exact) mass is 432 g/mol. The first-order valence-electron chi connectivity index (χ1n) is 10.8. The fourth-order valence-electron chi connectivity index (χ4n) is 3.52. The Labute approximate surface area is 182 Å². The molecule has 8 nitrogen and oxygen atoms in total. The van der Waals surface area contributed by atoms with Crippen LogP contribution in [0.2, 0.25) is 0 Å². The van der Waals surface area contributed by atoms with Crippen LogP contribution in [0, 0.1) is 5.92 Å². The third kappa shape index (κ3) is 8.39. The number of amides is 2. The smallest absolute Gasteiger partial charge is 0.407 e. The molecule has 1 atom stereocenters. The van der Waals surface area contributed by atoms with E-state index in [0.717, 1.165) is 0 Å². The van der Waals surface area contributed by atoms with Crippen LogP contribution in [0.15, 0.2) is 24.3 Å². The summed E-state index contributed by atoms with van der Waals surface area (Å²) in [5, 5.41) is 2.26. The lowest BCUT2D eigenvalue weighted by Crippen LogP contribution is -2.45. The minimum atomic E-state index is -1.32. The second kappa shape index (κ2) is 12.1. The number of hydrogen-bond acceptors (Lipinski definition) is 6. The third-order valence-electron chi connectivity index (χ3n) is 5.18. The van der Waals surface area contributed by atoms with Crippen LogP contribution in [-0.4, -0.2) is 43.0 Å². The van der Waals surface area contributed by atoms with Crippen LogP contribution in [0.3, 0.4) is 0 Å². The molecule has 0 aliphatic heterocycles. The second-order valence-electron chi connectivity index (χ2n) is 8.35. The molecule has 0 spiro atoms. The topological polar surface area (TPSA) is 125 Å². The summed E-state index contributed by atoms with van der Waals surface area (Å²) in [7, 11) is 0. The zero-order valence-corrected chi connectivity index (χ0v) is 18.2. The van der Waals surface area contributed by atoms with Crippen molar-refractivity contribution in [2.75, 3.05) is 13.2 Å². The number of primary amides is 1. The number of nitrogens with two attached hydrogens (primary N) is 1. The Morgan fingerprint density at radius 1 is 1.03 bits per heavy atom. The minimum absolute atomic E-state index is 0.106. The van der Waals surface area contributed by atoms with Crippen LogP contribution in [0.5, 0.6) is 0 Å². The third-order valence-corrected chi connectivity index (χ3v) is 5.18. The predicted molar refractivity (Wildman–Crippen MR) is 114 cm³/mol. The van der Waals surface area contributed by atoms with Gasteiger partial charge in [-0.2, -0.15) is 0 Å². The van der Waals surface area contributed by atoms with Gasteiger partial charge in [-0.05, 0) is 30.2 Å². The molecule has 8 heteroatoms. The van der Waals surface area contributed by atoms with E-state index < -0.39 is 37.0 Å². The SMILES string of the molecule is CC(C)COC(=O)N[C@@H](CC(N)=O)C(=O)OCC(=O)c1ccc(C2CCCCC2)cc1. The van der Waals surface area contributed by atoms with E-state index in [1.165, 1.54) is 37.7 Å². The number of Topliss-reactive ketones (excluding diaryl/α,β-unsaturated/α-hetero) is 1. The van der Waals surface area contributed by atoms with Gasteiger partial charge in [0.1, 0.15) is 6.04 Å². The highest BCUT2D eigenvalue weighted by Crippen LogP contribution is 2.32. The van der Waals surface area contributed by atoms with Crippen molar-refractivity contribution in [3.8, 4) is 0 Å². The van der Waals surface area contributed by atoms with Crippen LogP contribution in [0.1, 0.15) is 74.2 Å². The van der Waals surface area contributed by atoms with Gasteiger partial charge in [-0.25, -0.2) is 9.59 Å². The number of hydrogen-bond donors (Lipinski definition) is 2. The molecule has 170 valence electrons. The average molecular weight is 433 g/mol. The molecule has 2 rings (SSSR count). The van der Waals surface area contributed by atoms with E-state index in [1.807, 2.05) is 26.0 Å². The molecule has 2 amide bonds. The molecule has 1 aromatic carbocycles. The van der Waals surface area contributed by atoms with E-state index in [1.54, 1.807) is 12.1 Å². The molecule has 1 aliphatic rings. The molecule has 1 saturated carbocycles. The molecule has 1 aliphatic carbocycles. The van der Waals surface area contributed by atoms with Crippen molar-refractivity contribution in [2.45, 2.75) is 64.3 Å². The number of ether oxygens (including phenoxy) is 2. The Bertz CT molecular complexity index is 769. The second-order valence-corrected chi connectivity index (χ2v) is 8.35. The zero-order chi connectivity index (χ0) is 22.8. The number of carbonyl (C=O) groups is 4. The van der Waals surface area contributed by atoms with Crippen LogP contribution >= 0.6 is 0 Å². The molecule has 3 N–H and O–H groups in total. The largest absolute Gasteiger partial charge is 0.456 e. The summed E-state index contributed by atoms with van der Waals surface area (Å²) in [5.74, 6) is -1.45. The summed E-state index contributed by atoms with van der Waals surface area (Å²) in [4.78, 5) is 47.7. The molecule has 0 saturated heterocycles. The van der Waals surface area contributed by atoms with E-state index in [0.29, 0.717) is 11.5 Å². The van der Waals surface area contributed by atoms with Gasteiger partial charge in [-0.3, -0.25) is 9.59 Å². The van der Waals surface area contributed by atoms with Gasteiger partial charge >= 0.3 is 12.1 Å². The van der Waals surface area contributed by atoms with Crippen LogP contribution < -0.4 is 11.1 Å². The number of esters is 1. The Balaban J connectivity index is 1.89. The van der Waals surface area contributed by atoms with E-state index in [4.69, 9.17) is 15.2 Å². The molecule has 0 unspecified atom stereocenters. The number of rotatable bonds is 10. The fourth-order valence-corrected chi connectivity index (χ4v) is 3.52. The summed E-state index contributed by atoms with van der Waals surface area (Å²) in [6.45, 7) is 3.37. The van der Waals surface area contributed by atoms with Crippen LogP contribution in [0.4, 0.5) is 4.79 Å². The molecular formula is C23H32N2O6. The van der Waals surface area contributed by atoms with Gasteiger partial charge in [0.05, 0.1) is 13.0 Å². The molecule has 0 bridgehead atoms. The summed E-state index contributed by atoms with van der Waals surface area (Å²) in [5.41, 5.74) is 6.80. The normalized spacial score (nSPS) is 15.2. The quantitative estimate of drug-likeness (QED) is 0.432. The first-order valence-corrected chi connectivity index (χ1v) is 10.8. The van der Waals surface area contributed by atoms with Crippen molar-refractivity contribution in [1.29, 1.82) is 0 Å². The number of nitrogens with one attached hydrogen (secondary N) is 1. The Kier molecular flexibility index (Phi) is 9.49. The van der Waals surface area contributed by atoms with Gasteiger partial charge in [-0.15, -0.1) is 0 Å². The van der Waals surface area contributed by atoms with Crippen molar-refractivity contribution in [3.05, 3.63) is 35.4 Å². The van der Waals surface area contributed by atoms with E-state index in [9.17, 15) is 19.2 Å². The number of ketones is 1. The van der Waals surface area contributed by atoms with Gasteiger partial charge in [0.25, 0.3) is 0 Å². The minimum Gasteiger partial charge on any atom is -0.456 e. The predicted octanol–water partition coefficient (Wildman–Crippen LogP) is 3.09. The lowest BCUT2D eigenvalue weighted by molar-refractivity contribution is -0.146. The molecule has 1 fully saturated rings. The maximum absolute atomic E-state index is 12.4. The highest BCUT2D eigenvalue weighted by atomic mass is 16.6. The summed E-state index contributed by atoms with van der Waals surface area (Å²) in [6, 6.07) is 6.06. The highest BCUT2D eigenvalue weighted by Gasteiger charge is 2.26. The van der Waals surface area contributed by atoms with Gasteiger partial charge in [0.2, 0.25) is 5.91 Å². The number of alkyl carbamates (subject to hydrolysis) is 1. The Morgan fingerprint density at radius 3 is 2.26 bits per heavy atom. The van der Waals surface area contributed by atoms with Crippen molar-refractivity contribution in [2.24, 2.45) is 11.7 Å². The highest BCUT2D eigenvalue weighted by molar-refractivity contribution is 5.98. The van der Waals surface area contributed by atoms with E-state index >= 15 is 0 Å². The summed E-state index contributed by atoms with van der Waals surface area (Å²) in [6.07, 6.45) is 4.75. The number of benzene rings is 1. The van der Waals surface area contributed by atoms with Crippen molar-refractivity contribution in [1.82, 2.24) is 5.32 Å². The molecular weight excluding hydrogens is 400 g/mol. The summed E-state index contributed by atoms with van der Waals surface area (Å²) < 4.78 is 9.97. The van der Waals surface area contributed by atoms with E-state index in [-0.39, 0.29) is 18.3 Å². The Hall–Kier alpha value is -2.90. The molecule has 0 heterocycles. The first-order chi connectivity index (χ1) is 14.8. The van der Waals surface area contributed by atoms with Gasteiger partial charge in [0.15, 0.2) is 12.4 Å². The molecule has 31 heavy (non-hydrogen) atoms. The van der Waals surface area contributed by atoms with Crippen LogP contribution in [-0.2, 0) is 19.1 Å². The zero-order valence-electron chi connectivity index (χ0n) is 18.2. The van der Waals surface area contributed by atoms with Crippen LogP contribution in [0.25, 0.3) is 0 Å². The van der Waals surface area contributed by atoms with Gasteiger partial charge < -0.3 is 20.5 Å². The lowest BCUT2D eigenvalue weighted by Gasteiger charge is -2.22. The molecule has 0 aromatic heterocycles. The molecule has 1 aromatic rings.